The van der Waals surface area contributed by atoms with Crippen molar-refractivity contribution in [1.29, 1.82) is 0 Å². The van der Waals surface area contributed by atoms with E-state index in [-0.39, 0.29) is 6.04 Å². The standard InChI is InChI=1S/C18H17ClN2OS/c1-11-6-8-12(9-7-11)21-17(23)20-15-10-18(21,2)22-16-13(15)4-3-5-14(16)19/h3-9,15H,10H2,1-2H3,(H,20,23)/t15-,18+/m0/s1. The summed E-state index contributed by atoms with van der Waals surface area (Å²) < 4.78 is 6.36. The normalized spacial score (nSPS) is 25.4. The number of ether oxygens (including phenoxy) is 1. The fourth-order valence-electron chi connectivity index (χ4n) is 3.44. The molecule has 0 aromatic heterocycles. The van der Waals surface area contributed by atoms with Crippen LogP contribution >= 0.6 is 23.8 Å². The predicted molar refractivity (Wildman–Crippen MR) is 97.2 cm³/mol. The van der Waals surface area contributed by atoms with E-state index in [0.717, 1.165) is 23.4 Å². The van der Waals surface area contributed by atoms with E-state index in [2.05, 4.69) is 43.4 Å². The topological polar surface area (TPSA) is 24.5 Å². The number of para-hydroxylation sites is 1. The third kappa shape index (κ3) is 2.28. The van der Waals surface area contributed by atoms with Crippen LogP contribution in [-0.2, 0) is 0 Å². The molecule has 2 aliphatic heterocycles. The Morgan fingerprint density at radius 2 is 2.00 bits per heavy atom. The van der Waals surface area contributed by atoms with Crippen LogP contribution in [0.4, 0.5) is 5.69 Å². The van der Waals surface area contributed by atoms with Crippen molar-refractivity contribution in [2.24, 2.45) is 0 Å². The second kappa shape index (κ2) is 5.11. The molecule has 118 valence electrons. The van der Waals surface area contributed by atoms with E-state index in [1.54, 1.807) is 0 Å². The molecular weight excluding hydrogens is 328 g/mol. The zero-order valence-electron chi connectivity index (χ0n) is 13.0. The number of nitrogens with zero attached hydrogens (tertiary/aromatic N) is 1. The van der Waals surface area contributed by atoms with E-state index >= 15 is 0 Å². The number of rotatable bonds is 1. The van der Waals surface area contributed by atoms with Gasteiger partial charge in [0.25, 0.3) is 0 Å². The van der Waals surface area contributed by atoms with Crippen LogP contribution in [0.5, 0.6) is 5.75 Å². The highest BCUT2D eigenvalue weighted by Crippen LogP contribution is 2.47. The molecule has 0 spiro atoms. The van der Waals surface area contributed by atoms with Crippen molar-refractivity contribution in [3.63, 3.8) is 0 Å². The quantitative estimate of drug-likeness (QED) is 0.765. The van der Waals surface area contributed by atoms with Gasteiger partial charge in [0.1, 0.15) is 5.75 Å². The Hall–Kier alpha value is -1.78. The molecule has 0 unspecified atom stereocenters. The lowest BCUT2D eigenvalue weighted by Gasteiger charge is -2.52. The minimum Gasteiger partial charge on any atom is -0.466 e. The summed E-state index contributed by atoms with van der Waals surface area (Å²) in [6.07, 6.45) is 0.800. The van der Waals surface area contributed by atoms with Crippen molar-refractivity contribution in [1.82, 2.24) is 5.32 Å². The Morgan fingerprint density at radius 3 is 2.74 bits per heavy atom. The molecule has 2 aliphatic rings. The van der Waals surface area contributed by atoms with E-state index in [4.69, 9.17) is 28.6 Å². The van der Waals surface area contributed by atoms with Gasteiger partial charge in [-0.25, -0.2) is 0 Å². The van der Waals surface area contributed by atoms with E-state index < -0.39 is 5.72 Å². The van der Waals surface area contributed by atoms with Gasteiger partial charge in [0, 0.05) is 17.7 Å². The SMILES string of the molecule is Cc1ccc(N2C(=S)N[C@H]3C[C@@]2(C)Oc2c(Cl)cccc23)cc1. The van der Waals surface area contributed by atoms with Gasteiger partial charge in [-0.1, -0.05) is 41.4 Å². The highest BCUT2D eigenvalue weighted by molar-refractivity contribution is 7.80. The average Bonchev–Trinajstić information content (AvgIpc) is 2.50. The van der Waals surface area contributed by atoms with Crippen LogP contribution in [0.1, 0.15) is 30.5 Å². The number of aryl methyl sites for hydroxylation is 1. The first-order valence-electron chi connectivity index (χ1n) is 7.63. The van der Waals surface area contributed by atoms with Crippen molar-refractivity contribution >= 4 is 34.6 Å². The lowest BCUT2D eigenvalue weighted by molar-refractivity contribution is 0.0499. The minimum atomic E-state index is -0.555. The molecule has 2 bridgehead atoms. The third-order valence-corrected chi connectivity index (χ3v) is 5.14. The fraction of sp³-hybridized carbons (Fsp3) is 0.278. The maximum atomic E-state index is 6.36. The lowest BCUT2D eigenvalue weighted by Crippen LogP contribution is -2.65. The van der Waals surface area contributed by atoms with Crippen LogP contribution < -0.4 is 15.0 Å². The zero-order valence-corrected chi connectivity index (χ0v) is 14.5. The van der Waals surface area contributed by atoms with Crippen molar-refractivity contribution in [2.45, 2.75) is 32.0 Å². The molecule has 3 nitrogen and oxygen atoms in total. The molecule has 5 heteroatoms. The summed E-state index contributed by atoms with van der Waals surface area (Å²) in [6.45, 7) is 4.14. The highest BCUT2D eigenvalue weighted by Gasteiger charge is 2.48. The number of anilines is 1. The monoisotopic (exact) mass is 344 g/mol. The Bertz CT molecular complexity index is 792. The molecule has 0 radical (unpaired) electrons. The Balaban J connectivity index is 1.82. The van der Waals surface area contributed by atoms with Gasteiger partial charge in [0.15, 0.2) is 10.8 Å². The molecule has 1 fully saturated rings. The summed E-state index contributed by atoms with van der Waals surface area (Å²) in [7, 11) is 0. The second-order valence-electron chi connectivity index (χ2n) is 6.31. The Kier molecular flexibility index (Phi) is 3.29. The maximum Gasteiger partial charge on any atom is 0.188 e. The fourth-order valence-corrected chi connectivity index (χ4v) is 4.10. The molecule has 2 aromatic carbocycles. The van der Waals surface area contributed by atoms with Crippen molar-refractivity contribution in [3.8, 4) is 5.75 Å². The number of hydrogen-bond acceptors (Lipinski definition) is 2. The summed E-state index contributed by atoms with van der Waals surface area (Å²) in [5.74, 6) is 0.750. The van der Waals surface area contributed by atoms with Gasteiger partial charge in [0.05, 0.1) is 11.1 Å². The number of benzene rings is 2. The van der Waals surface area contributed by atoms with Crippen LogP contribution in [0.3, 0.4) is 0 Å². The molecule has 2 atom stereocenters. The first kappa shape index (κ1) is 14.8. The number of thiocarbonyl (C=S) groups is 1. The van der Waals surface area contributed by atoms with Gasteiger partial charge in [-0.2, -0.15) is 0 Å². The average molecular weight is 345 g/mol. The Morgan fingerprint density at radius 1 is 1.26 bits per heavy atom. The summed E-state index contributed by atoms with van der Waals surface area (Å²) in [5.41, 5.74) is 2.75. The first-order chi connectivity index (χ1) is 11.0. The van der Waals surface area contributed by atoms with Gasteiger partial charge in [-0.3, -0.25) is 4.90 Å². The largest absolute Gasteiger partial charge is 0.466 e. The van der Waals surface area contributed by atoms with Gasteiger partial charge < -0.3 is 10.1 Å². The molecule has 1 saturated heterocycles. The molecule has 2 heterocycles. The number of hydrogen-bond donors (Lipinski definition) is 1. The van der Waals surface area contributed by atoms with Gasteiger partial charge in [0.2, 0.25) is 0 Å². The summed E-state index contributed by atoms with van der Waals surface area (Å²) in [4.78, 5) is 2.05. The lowest BCUT2D eigenvalue weighted by atomic mass is 9.90. The molecule has 1 N–H and O–H groups in total. The first-order valence-corrected chi connectivity index (χ1v) is 8.41. The highest BCUT2D eigenvalue weighted by atomic mass is 35.5. The zero-order chi connectivity index (χ0) is 16.2. The molecule has 0 saturated carbocycles. The molecule has 23 heavy (non-hydrogen) atoms. The molecular formula is C18H17ClN2OS. The van der Waals surface area contributed by atoms with Crippen LogP contribution in [0.25, 0.3) is 0 Å². The van der Waals surface area contributed by atoms with Gasteiger partial charge in [-0.05, 0) is 44.3 Å². The van der Waals surface area contributed by atoms with Gasteiger partial charge >= 0.3 is 0 Å². The van der Waals surface area contributed by atoms with Crippen LogP contribution in [0, 0.1) is 6.92 Å². The van der Waals surface area contributed by atoms with Crippen LogP contribution in [0.2, 0.25) is 5.02 Å². The minimum absolute atomic E-state index is 0.122. The number of fused-ring (bicyclic) bond motifs is 4. The number of nitrogens with one attached hydrogen (secondary N) is 1. The van der Waals surface area contributed by atoms with Crippen molar-refractivity contribution < 1.29 is 4.74 Å². The van der Waals surface area contributed by atoms with E-state index in [1.807, 2.05) is 23.1 Å². The van der Waals surface area contributed by atoms with Crippen LogP contribution in [0.15, 0.2) is 42.5 Å². The Labute approximate surface area is 146 Å². The van der Waals surface area contributed by atoms with Crippen molar-refractivity contribution in [2.75, 3.05) is 4.90 Å². The maximum absolute atomic E-state index is 6.36. The van der Waals surface area contributed by atoms with Crippen LogP contribution in [-0.4, -0.2) is 10.8 Å². The summed E-state index contributed by atoms with van der Waals surface area (Å²) in [5, 5.41) is 4.75. The summed E-state index contributed by atoms with van der Waals surface area (Å²) >= 11 is 12.0. The van der Waals surface area contributed by atoms with E-state index in [1.165, 1.54) is 5.56 Å². The molecule has 0 amide bonds. The number of halogens is 1. The summed E-state index contributed by atoms with van der Waals surface area (Å²) in [6, 6.07) is 14.3. The smallest absolute Gasteiger partial charge is 0.188 e. The van der Waals surface area contributed by atoms with Crippen molar-refractivity contribution in [3.05, 3.63) is 58.6 Å². The molecule has 2 aromatic rings. The molecule has 4 rings (SSSR count). The van der Waals surface area contributed by atoms with E-state index in [9.17, 15) is 0 Å². The second-order valence-corrected chi connectivity index (χ2v) is 7.11. The van der Waals surface area contributed by atoms with Gasteiger partial charge in [-0.15, -0.1) is 0 Å². The van der Waals surface area contributed by atoms with E-state index in [0.29, 0.717) is 10.1 Å². The predicted octanol–water partition coefficient (Wildman–Crippen LogP) is 4.58. The third-order valence-electron chi connectivity index (χ3n) is 4.54. The molecule has 0 aliphatic carbocycles.